The number of amides is 2. The number of aromatic amines is 1. The van der Waals surface area contributed by atoms with Gasteiger partial charge >= 0.3 is 6.03 Å². The number of nitrogens with one attached hydrogen (secondary N) is 2. The van der Waals surface area contributed by atoms with Gasteiger partial charge in [0.25, 0.3) is 0 Å². The summed E-state index contributed by atoms with van der Waals surface area (Å²) in [4.78, 5) is 25.1. The van der Waals surface area contributed by atoms with E-state index in [1.807, 2.05) is 35.1 Å². The van der Waals surface area contributed by atoms with Crippen molar-refractivity contribution < 1.29 is 14.3 Å². The van der Waals surface area contributed by atoms with Crippen LogP contribution in [0.5, 0.6) is 0 Å². The van der Waals surface area contributed by atoms with Gasteiger partial charge in [-0.3, -0.25) is 9.58 Å². The minimum atomic E-state index is -0.105. The molecule has 0 atom stereocenters. The number of hydrogen-bond donors (Lipinski definition) is 2. The number of benzene rings is 2. The van der Waals surface area contributed by atoms with Gasteiger partial charge in [0.1, 0.15) is 11.3 Å². The largest absolute Gasteiger partial charge is 0.379 e. The van der Waals surface area contributed by atoms with Crippen LogP contribution in [0.3, 0.4) is 0 Å². The first-order valence-corrected chi connectivity index (χ1v) is 15.3. The molecule has 0 aliphatic carbocycles. The number of H-pyrrole nitrogens is 1. The molecule has 2 aliphatic heterocycles. The minimum Gasteiger partial charge on any atom is -0.379 e. The number of ether oxygens (including phenoxy) is 2. The quantitative estimate of drug-likeness (QED) is 0.260. The van der Waals surface area contributed by atoms with Crippen LogP contribution >= 0.6 is 0 Å². The predicted molar refractivity (Wildman–Crippen MR) is 171 cm³/mol. The molecule has 44 heavy (non-hydrogen) atoms. The highest BCUT2D eigenvalue weighted by Gasteiger charge is 2.19. The SMILES string of the molecule is CCn1cc(-c2ccnc3[nH]c(-c4ccc(CN5CCOCC5)cc4)cc23)c(-c2ccc(NC(=O)N3CCOCC3)cc2)n1. The van der Waals surface area contributed by atoms with Crippen molar-refractivity contribution in [3.05, 3.63) is 78.6 Å². The summed E-state index contributed by atoms with van der Waals surface area (Å²) in [5.41, 5.74) is 9.02. The summed E-state index contributed by atoms with van der Waals surface area (Å²) in [6.07, 6.45) is 3.95. The molecule has 10 nitrogen and oxygen atoms in total. The number of carbonyl (C=O) groups is 1. The molecule has 0 spiro atoms. The monoisotopic (exact) mass is 591 g/mol. The van der Waals surface area contributed by atoms with Gasteiger partial charge < -0.3 is 24.7 Å². The molecule has 2 aromatic carbocycles. The molecule has 2 saturated heterocycles. The molecule has 0 unspecified atom stereocenters. The number of nitrogens with zero attached hydrogens (tertiary/aromatic N) is 5. The summed E-state index contributed by atoms with van der Waals surface area (Å²) < 4.78 is 12.8. The molecular weight excluding hydrogens is 554 g/mol. The first-order valence-electron chi connectivity index (χ1n) is 15.3. The number of aromatic nitrogens is 4. The van der Waals surface area contributed by atoms with E-state index in [4.69, 9.17) is 14.6 Å². The van der Waals surface area contributed by atoms with Gasteiger partial charge in [0, 0.05) is 79.6 Å². The van der Waals surface area contributed by atoms with E-state index >= 15 is 0 Å². The maximum Gasteiger partial charge on any atom is 0.321 e. The lowest BCUT2D eigenvalue weighted by molar-refractivity contribution is 0.0342. The molecule has 3 aromatic heterocycles. The second kappa shape index (κ2) is 12.6. The summed E-state index contributed by atoms with van der Waals surface area (Å²) in [6, 6.07) is 20.8. The summed E-state index contributed by atoms with van der Waals surface area (Å²) in [5, 5.41) is 8.99. The Labute approximate surface area is 256 Å². The minimum absolute atomic E-state index is 0.105. The molecule has 2 amide bonds. The highest BCUT2D eigenvalue weighted by atomic mass is 16.5. The van der Waals surface area contributed by atoms with Gasteiger partial charge in [-0.05, 0) is 47.9 Å². The third kappa shape index (κ3) is 5.96. The van der Waals surface area contributed by atoms with Crippen LogP contribution in [-0.2, 0) is 22.6 Å². The van der Waals surface area contributed by atoms with Gasteiger partial charge in [-0.25, -0.2) is 9.78 Å². The van der Waals surface area contributed by atoms with Gasteiger partial charge in [-0.15, -0.1) is 0 Å². The van der Waals surface area contributed by atoms with E-state index in [9.17, 15) is 4.79 Å². The average molecular weight is 592 g/mol. The Bertz CT molecular complexity index is 1730. The fourth-order valence-electron chi connectivity index (χ4n) is 5.90. The lowest BCUT2D eigenvalue weighted by Gasteiger charge is -2.26. The van der Waals surface area contributed by atoms with Crippen LogP contribution < -0.4 is 5.32 Å². The molecule has 226 valence electrons. The van der Waals surface area contributed by atoms with Gasteiger partial charge in [0.2, 0.25) is 0 Å². The fourth-order valence-corrected chi connectivity index (χ4v) is 5.90. The Morgan fingerprint density at radius 3 is 2.32 bits per heavy atom. The number of aryl methyl sites for hydroxylation is 1. The molecule has 0 saturated carbocycles. The van der Waals surface area contributed by atoms with Gasteiger partial charge in [-0.1, -0.05) is 36.4 Å². The van der Waals surface area contributed by atoms with Crippen molar-refractivity contribution >= 4 is 22.8 Å². The number of urea groups is 1. The van der Waals surface area contributed by atoms with E-state index in [-0.39, 0.29) is 6.03 Å². The molecule has 2 fully saturated rings. The van der Waals surface area contributed by atoms with E-state index in [1.165, 1.54) is 5.56 Å². The van der Waals surface area contributed by atoms with Crippen molar-refractivity contribution in [3.63, 3.8) is 0 Å². The Hall–Kier alpha value is -4.51. The van der Waals surface area contributed by atoms with Gasteiger partial charge in [0.05, 0.1) is 26.4 Å². The predicted octanol–water partition coefficient (Wildman–Crippen LogP) is 5.48. The van der Waals surface area contributed by atoms with Crippen LogP contribution in [-0.4, -0.2) is 88.2 Å². The second-order valence-electron chi connectivity index (χ2n) is 11.2. The average Bonchev–Trinajstić information content (AvgIpc) is 3.71. The Balaban J connectivity index is 1.15. The molecule has 5 heterocycles. The number of anilines is 1. The van der Waals surface area contributed by atoms with Crippen molar-refractivity contribution in [1.29, 1.82) is 0 Å². The fraction of sp³-hybridized carbons (Fsp3) is 0.324. The standard InChI is InChI=1S/C34H37N7O3/c1-2-41-23-30(32(38-41)26-7-9-27(10-8-26)36-34(42)40-15-19-44-20-16-40)28-11-12-35-33-29(28)21-31(37-33)25-5-3-24(4-6-25)22-39-13-17-43-18-14-39/h3-12,21,23H,2,13-20,22H2,1H3,(H,35,37)(H,36,42). The summed E-state index contributed by atoms with van der Waals surface area (Å²) >= 11 is 0. The van der Waals surface area contributed by atoms with Crippen LogP contribution in [0, 0.1) is 0 Å². The number of pyridine rings is 1. The molecule has 10 heteroatoms. The topological polar surface area (TPSA) is 101 Å². The van der Waals surface area contributed by atoms with Crippen molar-refractivity contribution in [1.82, 2.24) is 29.5 Å². The lowest BCUT2D eigenvalue weighted by atomic mass is 10.00. The van der Waals surface area contributed by atoms with E-state index in [0.717, 1.165) is 89.8 Å². The Morgan fingerprint density at radius 2 is 1.59 bits per heavy atom. The number of hydrogen-bond acceptors (Lipinski definition) is 6. The number of fused-ring (bicyclic) bond motifs is 1. The van der Waals surface area contributed by atoms with Gasteiger partial charge in [0.15, 0.2) is 0 Å². The van der Waals surface area contributed by atoms with Crippen LogP contribution in [0.15, 0.2) is 73.1 Å². The molecule has 5 aromatic rings. The number of rotatable bonds is 7. The maximum absolute atomic E-state index is 12.7. The molecular formula is C34H37N7O3. The van der Waals surface area contributed by atoms with Crippen molar-refractivity contribution in [2.24, 2.45) is 0 Å². The zero-order chi connectivity index (χ0) is 29.9. The zero-order valence-electron chi connectivity index (χ0n) is 25.0. The van der Waals surface area contributed by atoms with Gasteiger partial charge in [-0.2, -0.15) is 5.10 Å². The molecule has 0 radical (unpaired) electrons. The van der Waals surface area contributed by atoms with Crippen LogP contribution in [0.25, 0.3) is 44.7 Å². The summed E-state index contributed by atoms with van der Waals surface area (Å²) in [5.74, 6) is 0. The molecule has 7 rings (SSSR count). The van der Waals surface area contributed by atoms with Crippen molar-refractivity contribution in [2.45, 2.75) is 20.0 Å². The van der Waals surface area contributed by atoms with E-state index < -0.39 is 0 Å². The van der Waals surface area contributed by atoms with E-state index in [0.29, 0.717) is 26.3 Å². The number of carbonyl (C=O) groups excluding carboxylic acids is 1. The third-order valence-electron chi connectivity index (χ3n) is 8.39. The Kier molecular flexibility index (Phi) is 8.10. The summed E-state index contributed by atoms with van der Waals surface area (Å²) in [7, 11) is 0. The van der Waals surface area contributed by atoms with Crippen molar-refractivity contribution in [2.75, 3.05) is 57.9 Å². The van der Waals surface area contributed by atoms with Crippen molar-refractivity contribution in [3.8, 4) is 33.6 Å². The molecule has 2 N–H and O–H groups in total. The zero-order valence-corrected chi connectivity index (χ0v) is 25.0. The molecule has 2 aliphatic rings. The first-order chi connectivity index (χ1) is 21.6. The lowest BCUT2D eigenvalue weighted by Crippen LogP contribution is -2.43. The smallest absolute Gasteiger partial charge is 0.321 e. The highest BCUT2D eigenvalue weighted by Crippen LogP contribution is 2.37. The maximum atomic E-state index is 12.7. The second-order valence-corrected chi connectivity index (χ2v) is 11.2. The van der Waals surface area contributed by atoms with E-state index in [2.05, 4.69) is 69.7 Å². The number of morpholine rings is 2. The first kappa shape index (κ1) is 28.3. The van der Waals surface area contributed by atoms with Crippen LogP contribution in [0.1, 0.15) is 12.5 Å². The highest BCUT2D eigenvalue weighted by molar-refractivity contribution is 5.99. The Morgan fingerprint density at radius 1 is 0.886 bits per heavy atom. The third-order valence-corrected chi connectivity index (χ3v) is 8.39. The normalized spacial score (nSPS) is 16.0. The summed E-state index contributed by atoms with van der Waals surface area (Å²) in [6.45, 7) is 9.69. The van der Waals surface area contributed by atoms with E-state index in [1.54, 1.807) is 4.90 Å². The van der Waals surface area contributed by atoms with Crippen LogP contribution in [0.2, 0.25) is 0 Å². The molecule has 0 bridgehead atoms. The van der Waals surface area contributed by atoms with Crippen LogP contribution in [0.4, 0.5) is 10.5 Å².